The van der Waals surface area contributed by atoms with Crippen LogP contribution in [-0.4, -0.2) is 59.0 Å². The summed E-state index contributed by atoms with van der Waals surface area (Å²) in [4.78, 5) is 14.3. The second-order valence-corrected chi connectivity index (χ2v) is 6.34. The van der Waals surface area contributed by atoms with E-state index in [1.165, 1.54) is 0 Å². The molecule has 2 fully saturated rings. The summed E-state index contributed by atoms with van der Waals surface area (Å²) >= 11 is 3.83. The molecule has 0 aromatic carbocycles. The fourth-order valence-electron chi connectivity index (χ4n) is 1.98. The lowest BCUT2D eigenvalue weighted by atomic mass is 10.2. The Hall–Kier alpha value is 0.130. The van der Waals surface area contributed by atoms with E-state index >= 15 is 0 Å². The molecule has 2 aliphatic rings. The monoisotopic (exact) mass is 246 g/mol. The van der Waals surface area contributed by atoms with Crippen molar-refractivity contribution in [1.82, 2.24) is 10.2 Å². The van der Waals surface area contributed by atoms with Gasteiger partial charge in [0.1, 0.15) is 0 Å². The molecule has 2 atom stereocenters. The average Bonchev–Trinajstić information content (AvgIpc) is 2.30. The number of hydrogen-bond acceptors (Lipinski definition) is 4. The summed E-state index contributed by atoms with van der Waals surface area (Å²) in [6.45, 7) is 4.05. The van der Waals surface area contributed by atoms with E-state index in [4.69, 9.17) is 0 Å². The van der Waals surface area contributed by atoms with Crippen LogP contribution in [0.15, 0.2) is 0 Å². The molecule has 2 aliphatic heterocycles. The zero-order chi connectivity index (χ0) is 10.7. The van der Waals surface area contributed by atoms with Crippen molar-refractivity contribution in [3.63, 3.8) is 0 Å². The number of thioether (sulfide) groups is 2. The number of nitrogens with zero attached hydrogens (tertiary/aromatic N) is 1. The van der Waals surface area contributed by atoms with Gasteiger partial charge in [0.25, 0.3) is 0 Å². The van der Waals surface area contributed by atoms with Gasteiger partial charge in [-0.2, -0.15) is 23.5 Å². The number of carbonyl (C=O) groups is 1. The second-order valence-electron chi connectivity index (χ2n) is 4.04. The lowest BCUT2D eigenvalue weighted by Gasteiger charge is -2.36. The number of nitrogens with one attached hydrogen (secondary N) is 1. The Balaban J connectivity index is 1.92. The van der Waals surface area contributed by atoms with Crippen LogP contribution < -0.4 is 5.32 Å². The number of amides is 1. The minimum Gasteiger partial charge on any atom is -0.337 e. The van der Waals surface area contributed by atoms with Crippen molar-refractivity contribution in [3.05, 3.63) is 0 Å². The molecule has 0 aromatic heterocycles. The minimum atomic E-state index is 0.0642. The zero-order valence-corrected chi connectivity index (χ0v) is 10.7. The molecule has 86 valence electrons. The normalized spacial score (nSPS) is 32.7. The van der Waals surface area contributed by atoms with Crippen LogP contribution in [0.3, 0.4) is 0 Å². The van der Waals surface area contributed by atoms with E-state index in [1.54, 1.807) is 0 Å². The molecule has 0 spiro atoms. The lowest BCUT2D eigenvalue weighted by molar-refractivity contribution is -0.134. The van der Waals surface area contributed by atoms with E-state index in [0.29, 0.717) is 11.9 Å². The maximum atomic E-state index is 12.2. The molecule has 1 amide bonds. The van der Waals surface area contributed by atoms with Crippen molar-refractivity contribution < 1.29 is 4.79 Å². The highest BCUT2D eigenvalue weighted by atomic mass is 32.2. The summed E-state index contributed by atoms with van der Waals surface area (Å²) in [7, 11) is 0. The first-order chi connectivity index (χ1) is 7.29. The minimum absolute atomic E-state index is 0.0642. The highest BCUT2D eigenvalue weighted by molar-refractivity contribution is 7.99. The predicted molar refractivity (Wildman–Crippen MR) is 67.6 cm³/mol. The van der Waals surface area contributed by atoms with Crippen molar-refractivity contribution in [2.45, 2.75) is 19.0 Å². The summed E-state index contributed by atoms with van der Waals surface area (Å²) in [5, 5.41) is 3.32. The van der Waals surface area contributed by atoms with E-state index < -0.39 is 0 Å². The average molecular weight is 246 g/mol. The Morgan fingerprint density at radius 1 is 1.33 bits per heavy atom. The number of hydrogen-bond donors (Lipinski definition) is 1. The quantitative estimate of drug-likeness (QED) is 0.736. The molecule has 1 N–H and O–H groups in total. The molecule has 2 saturated heterocycles. The van der Waals surface area contributed by atoms with E-state index in [9.17, 15) is 4.79 Å². The van der Waals surface area contributed by atoms with Crippen LogP contribution in [0.5, 0.6) is 0 Å². The summed E-state index contributed by atoms with van der Waals surface area (Å²) in [6, 6.07) is 0.472. The number of rotatable bonds is 1. The third kappa shape index (κ3) is 2.82. The standard InChI is InChI=1S/C10H18N2OS2/c1-8-6-15-5-3-12(8)10(13)9-7-14-4-2-11-9/h8-9,11H,2-7H2,1H3. The lowest BCUT2D eigenvalue weighted by Crippen LogP contribution is -2.55. The van der Waals surface area contributed by atoms with Gasteiger partial charge in [0.2, 0.25) is 5.91 Å². The summed E-state index contributed by atoms with van der Waals surface area (Å²) in [5.41, 5.74) is 0. The molecule has 3 nitrogen and oxygen atoms in total. The van der Waals surface area contributed by atoms with Gasteiger partial charge in [-0.15, -0.1) is 0 Å². The van der Waals surface area contributed by atoms with Gasteiger partial charge >= 0.3 is 0 Å². The van der Waals surface area contributed by atoms with Crippen LogP contribution in [0, 0.1) is 0 Å². The van der Waals surface area contributed by atoms with E-state index in [2.05, 4.69) is 17.1 Å². The molecular weight excluding hydrogens is 228 g/mol. The molecule has 0 saturated carbocycles. The van der Waals surface area contributed by atoms with E-state index in [0.717, 1.165) is 36.1 Å². The van der Waals surface area contributed by atoms with Crippen LogP contribution in [0.25, 0.3) is 0 Å². The molecule has 0 radical (unpaired) electrons. The highest BCUT2D eigenvalue weighted by Crippen LogP contribution is 2.18. The zero-order valence-electron chi connectivity index (χ0n) is 9.07. The maximum absolute atomic E-state index is 12.2. The molecule has 0 aromatic rings. The van der Waals surface area contributed by atoms with E-state index in [1.807, 2.05) is 23.5 Å². The van der Waals surface area contributed by atoms with Crippen LogP contribution in [-0.2, 0) is 4.79 Å². The fourth-order valence-corrected chi connectivity index (χ4v) is 3.92. The summed E-state index contributed by atoms with van der Waals surface area (Å²) in [6.07, 6.45) is 0. The SMILES string of the molecule is CC1CSCCN1C(=O)C1CSCCN1. The topological polar surface area (TPSA) is 32.3 Å². The van der Waals surface area contributed by atoms with Crippen LogP contribution in [0.1, 0.15) is 6.92 Å². The van der Waals surface area contributed by atoms with Crippen molar-refractivity contribution >= 4 is 29.4 Å². The fraction of sp³-hybridized carbons (Fsp3) is 0.900. The van der Waals surface area contributed by atoms with Crippen molar-refractivity contribution in [2.24, 2.45) is 0 Å². The Bertz CT molecular complexity index is 231. The summed E-state index contributed by atoms with van der Waals surface area (Å²) in [5.74, 6) is 4.57. The third-order valence-electron chi connectivity index (χ3n) is 2.87. The van der Waals surface area contributed by atoms with Gasteiger partial charge in [-0.05, 0) is 6.92 Å². The first-order valence-electron chi connectivity index (χ1n) is 5.48. The first kappa shape index (κ1) is 11.6. The van der Waals surface area contributed by atoms with Gasteiger partial charge in [-0.3, -0.25) is 4.79 Å². The Kier molecular flexibility index (Phi) is 4.22. The van der Waals surface area contributed by atoms with Gasteiger partial charge in [0, 0.05) is 42.1 Å². The van der Waals surface area contributed by atoms with Gasteiger partial charge in [-0.1, -0.05) is 0 Å². The van der Waals surface area contributed by atoms with Crippen molar-refractivity contribution in [2.75, 3.05) is 36.1 Å². The molecule has 5 heteroatoms. The summed E-state index contributed by atoms with van der Waals surface area (Å²) < 4.78 is 0. The largest absolute Gasteiger partial charge is 0.337 e. The highest BCUT2D eigenvalue weighted by Gasteiger charge is 2.30. The number of carbonyl (C=O) groups excluding carboxylic acids is 1. The maximum Gasteiger partial charge on any atom is 0.240 e. The van der Waals surface area contributed by atoms with Crippen LogP contribution >= 0.6 is 23.5 Å². The van der Waals surface area contributed by atoms with Crippen LogP contribution in [0.4, 0.5) is 0 Å². The van der Waals surface area contributed by atoms with Gasteiger partial charge in [0.05, 0.1) is 6.04 Å². The van der Waals surface area contributed by atoms with Crippen molar-refractivity contribution in [1.29, 1.82) is 0 Å². The third-order valence-corrected chi connectivity index (χ3v) is 5.12. The predicted octanol–water partition coefficient (Wildman–Crippen LogP) is 0.655. The Morgan fingerprint density at radius 3 is 2.80 bits per heavy atom. The molecular formula is C10H18N2OS2. The molecule has 15 heavy (non-hydrogen) atoms. The van der Waals surface area contributed by atoms with Crippen molar-refractivity contribution in [3.8, 4) is 0 Å². The smallest absolute Gasteiger partial charge is 0.240 e. The molecule has 2 unspecified atom stereocenters. The van der Waals surface area contributed by atoms with Gasteiger partial charge in [-0.25, -0.2) is 0 Å². The van der Waals surface area contributed by atoms with Crippen LogP contribution in [0.2, 0.25) is 0 Å². The molecule has 0 bridgehead atoms. The molecule has 0 aliphatic carbocycles. The Labute approximate surface area is 99.7 Å². The van der Waals surface area contributed by atoms with Gasteiger partial charge in [0.15, 0.2) is 0 Å². The Morgan fingerprint density at radius 2 is 2.13 bits per heavy atom. The first-order valence-corrected chi connectivity index (χ1v) is 7.79. The molecule has 2 rings (SSSR count). The van der Waals surface area contributed by atoms with Gasteiger partial charge < -0.3 is 10.2 Å². The van der Waals surface area contributed by atoms with E-state index in [-0.39, 0.29) is 6.04 Å². The molecule has 2 heterocycles. The second kappa shape index (κ2) is 5.46.